The fourth-order valence-electron chi connectivity index (χ4n) is 1.99. The quantitative estimate of drug-likeness (QED) is 0.685. The van der Waals surface area contributed by atoms with Gasteiger partial charge in [-0.15, -0.1) is 0 Å². The smallest absolute Gasteiger partial charge is 0.123 e. The minimum Gasteiger partial charge on any atom is -0.397 e. The van der Waals surface area contributed by atoms with E-state index < -0.39 is 0 Å². The molecule has 0 aliphatic carbocycles. The Kier molecular flexibility index (Phi) is 2.76. The van der Waals surface area contributed by atoms with Crippen molar-refractivity contribution in [2.24, 2.45) is 0 Å². The second kappa shape index (κ2) is 4.57. The van der Waals surface area contributed by atoms with E-state index in [4.69, 9.17) is 5.73 Å². The average Bonchev–Trinajstić information content (AvgIpc) is 2.45. The van der Waals surface area contributed by atoms with E-state index in [0.29, 0.717) is 5.69 Å². The van der Waals surface area contributed by atoms with Crippen molar-refractivity contribution in [1.82, 2.24) is 4.98 Å². The van der Waals surface area contributed by atoms with Gasteiger partial charge in [0.2, 0.25) is 0 Å². The zero-order chi connectivity index (χ0) is 13.2. The van der Waals surface area contributed by atoms with Gasteiger partial charge < -0.3 is 11.1 Å². The summed E-state index contributed by atoms with van der Waals surface area (Å²) in [6.45, 7) is 0. The summed E-state index contributed by atoms with van der Waals surface area (Å²) in [5, 5.41) is 5.12. The zero-order valence-electron chi connectivity index (χ0n) is 10.1. The van der Waals surface area contributed by atoms with Crippen LogP contribution in [0.25, 0.3) is 10.8 Å². The molecule has 3 aromatic rings. The predicted molar refractivity (Wildman–Crippen MR) is 75.8 cm³/mol. The Hall–Kier alpha value is -2.62. The van der Waals surface area contributed by atoms with Crippen molar-refractivity contribution in [3.63, 3.8) is 0 Å². The maximum atomic E-state index is 12.9. The van der Waals surface area contributed by atoms with E-state index in [2.05, 4.69) is 10.3 Å². The molecule has 0 saturated heterocycles. The van der Waals surface area contributed by atoms with E-state index in [1.807, 2.05) is 18.2 Å². The van der Waals surface area contributed by atoms with Crippen molar-refractivity contribution in [2.45, 2.75) is 0 Å². The topological polar surface area (TPSA) is 50.9 Å². The van der Waals surface area contributed by atoms with Gasteiger partial charge in [-0.25, -0.2) is 4.39 Å². The summed E-state index contributed by atoms with van der Waals surface area (Å²) in [6, 6.07) is 11.9. The van der Waals surface area contributed by atoms with Crippen LogP contribution < -0.4 is 11.1 Å². The number of nitrogens with zero attached hydrogens (tertiary/aromatic N) is 1. The molecule has 2 aromatic carbocycles. The number of fused-ring (bicyclic) bond motifs is 1. The third kappa shape index (κ3) is 2.20. The first kappa shape index (κ1) is 11.5. The highest BCUT2D eigenvalue weighted by molar-refractivity contribution is 5.99. The summed E-state index contributed by atoms with van der Waals surface area (Å²) in [4.78, 5) is 4.06. The molecule has 0 atom stereocenters. The van der Waals surface area contributed by atoms with Gasteiger partial charge in [0.25, 0.3) is 0 Å². The number of pyridine rings is 1. The van der Waals surface area contributed by atoms with Crippen molar-refractivity contribution in [1.29, 1.82) is 0 Å². The van der Waals surface area contributed by atoms with Gasteiger partial charge in [0, 0.05) is 28.9 Å². The summed E-state index contributed by atoms with van der Waals surface area (Å²) in [6.07, 6.45) is 3.48. The molecule has 0 bridgehead atoms. The van der Waals surface area contributed by atoms with Gasteiger partial charge in [0.05, 0.1) is 11.4 Å². The molecule has 0 saturated carbocycles. The second-order valence-corrected chi connectivity index (χ2v) is 4.26. The molecule has 0 aliphatic heterocycles. The number of hydrogen-bond acceptors (Lipinski definition) is 3. The lowest BCUT2D eigenvalue weighted by Crippen LogP contribution is -1.97. The van der Waals surface area contributed by atoms with E-state index in [0.717, 1.165) is 22.1 Å². The number of rotatable bonds is 2. The van der Waals surface area contributed by atoms with Crippen LogP contribution >= 0.6 is 0 Å². The molecule has 3 rings (SSSR count). The fraction of sp³-hybridized carbons (Fsp3) is 0. The molecule has 4 heteroatoms. The van der Waals surface area contributed by atoms with Gasteiger partial charge in [-0.05, 0) is 36.4 Å². The van der Waals surface area contributed by atoms with Crippen LogP contribution in [0, 0.1) is 5.82 Å². The van der Waals surface area contributed by atoms with Gasteiger partial charge >= 0.3 is 0 Å². The maximum Gasteiger partial charge on any atom is 0.123 e. The molecule has 3 N–H and O–H groups in total. The van der Waals surface area contributed by atoms with E-state index >= 15 is 0 Å². The van der Waals surface area contributed by atoms with Crippen LogP contribution in [0.4, 0.5) is 21.5 Å². The Bertz CT molecular complexity index is 723. The number of nitrogens with one attached hydrogen (secondary N) is 1. The molecule has 0 unspecified atom stereocenters. The molecule has 0 radical (unpaired) electrons. The van der Waals surface area contributed by atoms with Crippen LogP contribution in [0.1, 0.15) is 0 Å². The predicted octanol–water partition coefficient (Wildman–Crippen LogP) is 3.70. The molecule has 0 aliphatic rings. The summed E-state index contributed by atoms with van der Waals surface area (Å²) in [5.74, 6) is -0.261. The van der Waals surface area contributed by atoms with Crippen LogP contribution in [0.15, 0.2) is 54.9 Å². The first-order valence-corrected chi connectivity index (χ1v) is 5.89. The highest BCUT2D eigenvalue weighted by Crippen LogP contribution is 2.30. The van der Waals surface area contributed by atoms with E-state index in [-0.39, 0.29) is 5.82 Å². The molecule has 0 fully saturated rings. The number of halogens is 1. The lowest BCUT2D eigenvalue weighted by molar-refractivity contribution is 0.628. The van der Waals surface area contributed by atoms with Crippen molar-refractivity contribution < 1.29 is 4.39 Å². The van der Waals surface area contributed by atoms with Gasteiger partial charge in [-0.1, -0.05) is 6.07 Å². The third-order valence-corrected chi connectivity index (χ3v) is 2.99. The Balaban J connectivity index is 2.01. The third-order valence-electron chi connectivity index (χ3n) is 2.99. The largest absolute Gasteiger partial charge is 0.397 e. The molecule has 0 amide bonds. The normalized spacial score (nSPS) is 10.6. The molecular weight excluding hydrogens is 241 g/mol. The molecule has 0 spiro atoms. The Morgan fingerprint density at radius 3 is 2.58 bits per heavy atom. The average molecular weight is 253 g/mol. The minimum atomic E-state index is -0.261. The van der Waals surface area contributed by atoms with Crippen LogP contribution in [0.5, 0.6) is 0 Å². The number of anilines is 3. The summed E-state index contributed by atoms with van der Waals surface area (Å²) < 4.78 is 12.9. The van der Waals surface area contributed by atoms with E-state index in [9.17, 15) is 4.39 Å². The first-order chi connectivity index (χ1) is 9.24. The summed E-state index contributed by atoms with van der Waals surface area (Å²) in [5.41, 5.74) is 8.38. The van der Waals surface area contributed by atoms with E-state index in [1.165, 1.54) is 12.1 Å². The number of nitrogen functional groups attached to an aromatic ring is 1. The van der Waals surface area contributed by atoms with Gasteiger partial charge in [0.15, 0.2) is 0 Å². The van der Waals surface area contributed by atoms with Gasteiger partial charge in [-0.3, -0.25) is 4.98 Å². The number of benzene rings is 2. The standard InChI is InChI=1S/C15H12FN3/c16-11-2-4-12(5-3-11)19-14-6-1-10-9-18-8-7-13(10)15(14)17/h1-9,19H,17H2. The summed E-state index contributed by atoms with van der Waals surface area (Å²) >= 11 is 0. The first-order valence-electron chi connectivity index (χ1n) is 5.89. The Labute approximate surface area is 109 Å². The molecule has 94 valence electrons. The van der Waals surface area contributed by atoms with Crippen LogP contribution in [-0.2, 0) is 0 Å². The highest BCUT2D eigenvalue weighted by atomic mass is 19.1. The maximum absolute atomic E-state index is 12.9. The monoisotopic (exact) mass is 253 g/mol. The molecular formula is C15H12FN3. The van der Waals surface area contributed by atoms with Crippen molar-refractivity contribution >= 4 is 27.8 Å². The van der Waals surface area contributed by atoms with Crippen LogP contribution in [0.2, 0.25) is 0 Å². The zero-order valence-corrected chi connectivity index (χ0v) is 10.1. The van der Waals surface area contributed by atoms with Gasteiger partial charge in [-0.2, -0.15) is 0 Å². The molecule has 1 aromatic heterocycles. The van der Waals surface area contributed by atoms with Crippen molar-refractivity contribution in [3.8, 4) is 0 Å². The second-order valence-electron chi connectivity index (χ2n) is 4.26. The number of hydrogen-bond donors (Lipinski definition) is 2. The molecule has 1 heterocycles. The van der Waals surface area contributed by atoms with Crippen LogP contribution in [-0.4, -0.2) is 4.98 Å². The Morgan fingerprint density at radius 2 is 1.79 bits per heavy atom. The molecule has 19 heavy (non-hydrogen) atoms. The summed E-state index contributed by atoms with van der Waals surface area (Å²) in [7, 11) is 0. The lowest BCUT2D eigenvalue weighted by Gasteiger charge is -2.11. The lowest BCUT2D eigenvalue weighted by atomic mass is 10.1. The Morgan fingerprint density at radius 1 is 1.00 bits per heavy atom. The molecule has 3 nitrogen and oxygen atoms in total. The number of aromatic nitrogens is 1. The van der Waals surface area contributed by atoms with Crippen LogP contribution in [0.3, 0.4) is 0 Å². The minimum absolute atomic E-state index is 0.261. The van der Waals surface area contributed by atoms with Crippen molar-refractivity contribution in [2.75, 3.05) is 11.1 Å². The SMILES string of the molecule is Nc1c(Nc2ccc(F)cc2)ccc2cnccc12. The highest BCUT2D eigenvalue weighted by Gasteiger charge is 2.04. The van der Waals surface area contributed by atoms with Gasteiger partial charge in [0.1, 0.15) is 5.82 Å². The van der Waals surface area contributed by atoms with E-state index in [1.54, 1.807) is 24.5 Å². The number of nitrogens with two attached hydrogens (primary N) is 1. The van der Waals surface area contributed by atoms with Crippen molar-refractivity contribution in [3.05, 3.63) is 60.7 Å². The fourth-order valence-corrected chi connectivity index (χ4v) is 1.99.